The van der Waals surface area contributed by atoms with E-state index in [2.05, 4.69) is 48.6 Å². The summed E-state index contributed by atoms with van der Waals surface area (Å²) in [5, 5.41) is 6.88. The number of carbonyl (C=O) groups is 2. The molecule has 1 saturated heterocycles. The van der Waals surface area contributed by atoms with Crippen LogP contribution in [0.1, 0.15) is 52.8 Å². The highest BCUT2D eigenvalue weighted by Gasteiger charge is 2.46. The molecule has 5 rings (SSSR count). The number of nitrogens with zero attached hydrogens (tertiary/aromatic N) is 6. The molecule has 0 aromatic carbocycles. The average Bonchev–Trinajstić information content (AvgIpc) is 3.46. The number of aromatic nitrogens is 5. The summed E-state index contributed by atoms with van der Waals surface area (Å²) in [6.07, 6.45) is 5.82. The van der Waals surface area contributed by atoms with Crippen molar-refractivity contribution >= 4 is 38.9 Å². The Bertz CT molecular complexity index is 1510. The second-order valence-corrected chi connectivity index (χ2v) is 10.7. The number of primary amides is 1. The molecule has 1 saturated carbocycles. The Hall–Kier alpha value is -3.95. The van der Waals surface area contributed by atoms with Crippen LogP contribution >= 0.6 is 0 Å². The van der Waals surface area contributed by atoms with Crippen LogP contribution in [0.3, 0.4) is 0 Å². The van der Waals surface area contributed by atoms with Crippen molar-refractivity contribution in [2.75, 3.05) is 32.6 Å². The van der Waals surface area contributed by atoms with Crippen LogP contribution < -0.4 is 11.1 Å². The van der Waals surface area contributed by atoms with Gasteiger partial charge in [-0.1, -0.05) is 6.58 Å². The molecule has 2 atom stereocenters. The summed E-state index contributed by atoms with van der Waals surface area (Å²) in [5.41, 5.74) is 8.41. The van der Waals surface area contributed by atoms with Gasteiger partial charge in [0.1, 0.15) is 22.9 Å². The smallest absolute Gasteiger partial charge is 0.255 e. The van der Waals surface area contributed by atoms with Crippen LogP contribution in [0, 0.1) is 11.8 Å². The van der Waals surface area contributed by atoms with Crippen molar-refractivity contribution in [1.29, 1.82) is 0 Å². The largest absolute Gasteiger partial charge is 0.383 e. The number of likely N-dealkylation sites (tertiary alicyclic amines) is 1. The van der Waals surface area contributed by atoms with Crippen LogP contribution in [0.5, 0.6) is 0 Å². The molecule has 0 spiro atoms. The first-order valence-electron chi connectivity index (χ1n) is 12.3. The van der Waals surface area contributed by atoms with E-state index in [9.17, 15) is 9.59 Å². The number of nitrogens with one attached hydrogen (secondary N) is 1. The second kappa shape index (κ2) is 9.73. The van der Waals surface area contributed by atoms with Crippen molar-refractivity contribution in [1.82, 2.24) is 29.2 Å². The van der Waals surface area contributed by atoms with E-state index in [4.69, 9.17) is 15.5 Å². The van der Waals surface area contributed by atoms with Gasteiger partial charge in [0.25, 0.3) is 5.91 Å². The number of rotatable bonds is 7. The van der Waals surface area contributed by atoms with Crippen LogP contribution in [0.2, 0.25) is 0 Å². The summed E-state index contributed by atoms with van der Waals surface area (Å²) in [5.74, 6) is 7.08. The summed E-state index contributed by atoms with van der Waals surface area (Å²) in [6.45, 7) is 4.22. The van der Waals surface area contributed by atoms with Crippen molar-refractivity contribution in [3.05, 3.63) is 47.7 Å². The lowest BCUT2D eigenvalue weighted by atomic mass is 10.1. The molecule has 0 bridgehead atoms. The number of nitrogens with two attached hydrogens (primary N) is 1. The number of anilines is 1. The Morgan fingerprint density at radius 2 is 2.16 bits per heavy atom. The molecule has 3 aromatic heterocycles. The van der Waals surface area contributed by atoms with Gasteiger partial charge in [0.05, 0.1) is 45.3 Å². The Kier molecular flexibility index (Phi) is 6.58. The third kappa shape index (κ3) is 4.37. The van der Waals surface area contributed by atoms with Crippen molar-refractivity contribution in [2.45, 2.75) is 36.4 Å². The van der Waals surface area contributed by atoms with E-state index >= 15 is 0 Å². The summed E-state index contributed by atoms with van der Waals surface area (Å²) in [6, 6.07) is 1.61. The molecule has 3 aromatic rings. The van der Waals surface area contributed by atoms with Gasteiger partial charge < -0.3 is 25.3 Å². The van der Waals surface area contributed by atoms with Crippen LogP contribution in [0.4, 0.5) is 5.82 Å². The fourth-order valence-corrected chi connectivity index (χ4v) is 5.70. The van der Waals surface area contributed by atoms with E-state index in [0.717, 1.165) is 29.7 Å². The number of hydrogen-bond donors (Lipinski definition) is 2. The van der Waals surface area contributed by atoms with Gasteiger partial charge in [0, 0.05) is 39.7 Å². The number of imidazole rings is 1. The first kappa shape index (κ1) is 25.7. The molecular weight excluding hydrogens is 500 g/mol. The standard InChI is InChI=1S/C26H29N8O3Si/c1-5-21(35)33-14-26(38,11-17(33)13-37-4)34-25(28-2)22(23(27)36)18(31-34)9-8-16-10-19-20(12-29-16)32(3)24(30-19)15-6-7-15/h5,10,12,15,17,28H,1,6-7,11,13-14H2,2-4H3,(H2,27,36)/t17-,26-/m1/s1. The summed E-state index contributed by atoms with van der Waals surface area (Å²) >= 11 is 0. The number of pyridine rings is 1. The topological polar surface area (TPSA) is 133 Å². The fourth-order valence-electron chi connectivity index (χ4n) is 5.13. The van der Waals surface area contributed by atoms with Gasteiger partial charge in [-0.15, -0.1) is 0 Å². The highest BCUT2D eigenvalue weighted by Crippen LogP contribution is 2.40. The predicted molar refractivity (Wildman–Crippen MR) is 143 cm³/mol. The number of hydrogen-bond acceptors (Lipinski definition) is 7. The number of ether oxygens (including phenoxy) is 1. The number of methoxy groups -OCH3 is 1. The van der Waals surface area contributed by atoms with Gasteiger partial charge in [-0.05, 0) is 37.2 Å². The van der Waals surface area contributed by atoms with Crippen LogP contribution in [-0.2, 0) is 21.7 Å². The molecule has 1 aliphatic carbocycles. The molecule has 3 radical (unpaired) electrons. The maximum absolute atomic E-state index is 12.5. The normalized spacial score (nSPS) is 20.8. The molecule has 2 fully saturated rings. The maximum Gasteiger partial charge on any atom is 0.255 e. The van der Waals surface area contributed by atoms with Crippen molar-refractivity contribution in [3.63, 3.8) is 0 Å². The molecule has 3 N–H and O–H groups in total. The number of fused-ring (bicyclic) bond motifs is 1. The highest BCUT2D eigenvalue weighted by molar-refractivity contribution is 6.15. The predicted octanol–water partition coefficient (Wildman–Crippen LogP) is 0.837. The Morgan fingerprint density at radius 1 is 1.39 bits per heavy atom. The van der Waals surface area contributed by atoms with Gasteiger partial charge in [-0.2, -0.15) is 5.10 Å². The van der Waals surface area contributed by atoms with E-state index in [1.165, 1.54) is 6.08 Å². The minimum atomic E-state index is -0.839. The molecule has 38 heavy (non-hydrogen) atoms. The summed E-state index contributed by atoms with van der Waals surface area (Å²) in [4.78, 5) is 36.0. The molecule has 12 heteroatoms. The van der Waals surface area contributed by atoms with Crippen molar-refractivity contribution in [2.24, 2.45) is 12.8 Å². The maximum atomic E-state index is 12.5. The number of amides is 2. The van der Waals surface area contributed by atoms with E-state index in [0.29, 0.717) is 30.5 Å². The third-order valence-corrected chi connectivity index (χ3v) is 7.66. The fraction of sp³-hybridized carbons (Fsp3) is 0.423. The van der Waals surface area contributed by atoms with Crippen molar-refractivity contribution in [3.8, 4) is 11.8 Å². The molecule has 1 aliphatic heterocycles. The van der Waals surface area contributed by atoms with Gasteiger partial charge in [0.15, 0.2) is 5.69 Å². The molecule has 2 aliphatic rings. The zero-order valence-electron chi connectivity index (χ0n) is 21.6. The minimum Gasteiger partial charge on any atom is -0.383 e. The van der Waals surface area contributed by atoms with Crippen LogP contribution in [0.15, 0.2) is 24.9 Å². The lowest BCUT2D eigenvalue weighted by molar-refractivity contribution is -0.127. The molecule has 2 amide bonds. The monoisotopic (exact) mass is 529 g/mol. The lowest BCUT2D eigenvalue weighted by Gasteiger charge is -2.27. The molecule has 11 nitrogen and oxygen atoms in total. The summed E-state index contributed by atoms with van der Waals surface area (Å²) in [7, 11) is 9.12. The highest BCUT2D eigenvalue weighted by atomic mass is 28.1. The first-order chi connectivity index (χ1) is 18.2. The number of aryl methyl sites for hydroxylation is 1. The van der Waals surface area contributed by atoms with E-state index < -0.39 is 11.1 Å². The molecule has 0 unspecified atom stereocenters. The Morgan fingerprint density at radius 3 is 2.79 bits per heavy atom. The van der Waals surface area contributed by atoms with E-state index in [-0.39, 0.29) is 29.8 Å². The zero-order chi connectivity index (χ0) is 27.2. The first-order valence-corrected chi connectivity index (χ1v) is 12.8. The molecule has 195 valence electrons. The van der Waals surface area contributed by atoms with Crippen LogP contribution in [-0.4, -0.2) is 84.6 Å². The average molecular weight is 530 g/mol. The molecule has 4 heterocycles. The quantitative estimate of drug-likeness (QED) is 0.263. The second-order valence-electron chi connectivity index (χ2n) is 9.72. The van der Waals surface area contributed by atoms with Gasteiger partial charge in [-0.3, -0.25) is 9.59 Å². The molecular formula is C26H29N8O3Si. The van der Waals surface area contributed by atoms with Gasteiger partial charge in [0.2, 0.25) is 5.91 Å². The van der Waals surface area contributed by atoms with Gasteiger partial charge >= 0.3 is 0 Å². The zero-order valence-corrected chi connectivity index (χ0v) is 22.6. The minimum absolute atomic E-state index is 0.157. The number of carbonyl (C=O) groups excluding carboxylic acids is 2. The summed E-state index contributed by atoms with van der Waals surface area (Å²) < 4.78 is 9.05. The van der Waals surface area contributed by atoms with Crippen molar-refractivity contribution < 1.29 is 14.3 Å². The third-order valence-electron chi connectivity index (χ3n) is 7.09. The Labute approximate surface area is 223 Å². The van der Waals surface area contributed by atoms with Gasteiger partial charge in [-0.25, -0.2) is 14.6 Å². The van der Waals surface area contributed by atoms with E-state index in [1.54, 1.807) is 29.9 Å². The SMILES string of the molecule is C=CC(=O)N1C[C@@]([Si])(n2nc(C#Cc3cc4nc(C5CC5)n(C)c4cn3)c(C(N)=O)c2NC)C[C@@H]1COC. The van der Waals surface area contributed by atoms with Crippen LogP contribution in [0.25, 0.3) is 11.0 Å². The Balaban J connectivity index is 1.54. The lowest BCUT2D eigenvalue weighted by Crippen LogP contribution is -2.41. The van der Waals surface area contributed by atoms with E-state index in [1.807, 2.05) is 13.1 Å².